The van der Waals surface area contributed by atoms with E-state index in [4.69, 9.17) is 4.74 Å². The van der Waals surface area contributed by atoms with Crippen LogP contribution in [0.15, 0.2) is 30.3 Å². The fourth-order valence-electron chi connectivity index (χ4n) is 3.33. The fraction of sp³-hybridized carbons (Fsp3) is 0.409. The molecule has 0 aliphatic rings. The van der Waals surface area contributed by atoms with Gasteiger partial charge in [-0.25, -0.2) is 0 Å². The summed E-state index contributed by atoms with van der Waals surface area (Å²) in [5.41, 5.74) is 6.64. The summed E-state index contributed by atoms with van der Waals surface area (Å²) in [6.45, 7) is 10.9. The molecule has 0 aliphatic carbocycles. The molecule has 0 aromatic heterocycles. The SMILES string of the molecule is COc1ccc(C)cc1C[NH+](C)[C@@H](C)C(=O)Nc1c(C)cc(C)cc1C. The highest BCUT2D eigenvalue weighted by Crippen LogP contribution is 2.22. The predicted molar refractivity (Wildman–Crippen MR) is 107 cm³/mol. The second-order valence-corrected chi connectivity index (χ2v) is 7.32. The molecule has 0 radical (unpaired) electrons. The van der Waals surface area contributed by atoms with Gasteiger partial charge < -0.3 is 15.0 Å². The third-order valence-corrected chi connectivity index (χ3v) is 4.96. The maximum atomic E-state index is 12.8. The number of carbonyl (C=O) groups excluding carboxylic acids is 1. The number of rotatable bonds is 6. The first-order chi connectivity index (χ1) is 12.2. The van der Waals surface area contributed by atoms with Gasteiger partial charge in [0.2, 0.25) is 0 Å². The average Bonchev–Trinajstić information content (AvgIpc) is 2.57. The van der Waals surface area contributed by atoms with Crippen LogP contribution in [0.1, 0.15) is 34.7 Å². The van der Waals surface area contributed by atoms with E-state index in [0.29, 0.717) is 0 Å². The molecule has 4 nitrogen and oxygen atoms in total. The van der Waals surface area contributed by atoms with Crippen molar-refractivity contribution in [3.63, 3.8) is 0 Å². The van der Waals surface area contributed by atoms with Gasteiger partial charge in [-0.05, 0) is 57.9 Å². The van der Waals surface area contributed by atoms with Gasteiger partial charge in [-0.3, -0.25) is 4.79 Å². The lowest BCUT2D eigenvalue weighted by atomic mass is 10.0. The monoisotopic (exact) mass is 355 g/mol. The normalized spacial score (nSPS) is 13.2. The molecule has 0 spiro atoms. The Hall–Kier alpha value is -2.33. The highest BCUT2D eigenvalue weighted by atomic mass is 16.5. The highest BCUT2D eigenvalue weighted by Gasteiger charge is 2.24. The molecule has 0 aliphatic heterocycles. The van der Waals surface area contributed by atoms with Gasteiger partial charge in [-0.2, -0.15) is 0 Å². The summed E-state index contributed by atoms with van der Waals surface area (Å²) in [4.78, 5) is 13.9. The van der Waals surface area contributed by atoms with Gasteiger partial charge in [0.25, 0.3) is 5.91 Å². The minimum atomic E-state index is -0.180. The second-order valence-electron chi connectivity index (χ2n) is 7.32. The molecule has 140 valence electrons. The molecule has 0 bridgehead atoms. The van der Waals surface area contributed by atoms with Crippen molar-refractivity contribution in [3.8, 4) is 5.75 Å². The number of benzene rings is 2. The summed E-state index contributed by atoms with van der Waals surface area (Å²) in [7, 11) is 3.73. The van der Waals surface area contributed by atoms with E-state index < -0.39 is 0 Å². The van der Waals surface area contributed by atoms with Crippen molar-refractivity contribution in [3.05, 3.63) is 58.1 Å². The van der Waals surface area contributed by atoms with E-state index >= 15 is 0 Å². The first-order valence-electron chi connectivity index (χ1n) is 9.07. The minimum absolute atomic E-state index is 0.0316. The zero-order valence-electron chi connectivity index (χ0n) is 17.0. The van der Waals surface area contributed by atoms with Crippen molar-refractivity contribution in [2.24, 2.45) is 0 Å². The van der Waals surface area contributed by atoms with Gasteiger partial charge in [0.15, 0.2) is 6.04 Å². The molecule has 2 aromatic rings. The Labute approximate surface area is 157 Å². The zero-order chi connectivity index (χ0) is 19.4. The van der Waals surface area contributed by atoms with Crippen LogP contribution in [0, 0.1) is 27.7 Å². The molecule has 0 saturated heterocycles. The summed E-state index contributed by atoms with van der Waals surface area (Å²) in [5.74, 6) is 0.900. The Bertz CT molecular complexity index is 776. The van der Waals surface area contributed by atoms with Crippen LogP contribution >= 0.6 is 0 Å². The van der Waals surface area contributed by atoms with Crippen LogP contribution in [-0.2, 0) is 11.3 Å². The van der Waals surface area contributed by atoms with Gasteiger partial charge in [-0.15, -0.1) is 0 Å². The number of carbonyl (C=O) groups is 1. The maximum absolute atomic E-state index is 12.8. The first-order valence-corrected chi connectivity index (χ1v) is 9.07. The van der Waals surface area contributed by atoms with E-state index in [1.54, 1.807) is 7.11 Å². The van der Waals surface area contributed by atoms with Gasteiger partial charge in [-0.1, -0.05) is 29.3 Å². The van der Waals surface area contributed by atoms with Crippen molar-refractivity contribution in [2.45, 2.75) is 47.2 Å². The number of amides is 1. The smallest absolute Gasteiger partial charge is 0.282 e. The van der Waals surface area contributed by atoms with Gasteiger partial charge in [0, 0.05) is 11.3 Å². The molecule has 0 heterocycles. The topological polar surface area (TPSA) is 42.8 Å². The van der Waals surface area contributed by atoms with Crippen LogP contribution in [0.4, 0.5) is 5.69 Å². The molecule has 4 heteroatoms. The lowest BCUT2D eigenvalue weighted by Crippen LogP contribution is -3.12. The summed E-state index contributed by atoms with van der Waals surface area (Å²) in [6, 6.07) is 10.2. The average molecular weight is 356 g/mol. The van der Waals surface area contributed by atoms with E-state index in [1.807, 2.05) is 40.0 Å². The number of anilines is 1. The van der Waals surface area contributed by atoms with E-state index in [0.717, 1.165) is 39.6 Å². The van der Waals surface area contributed by atoms with E-state index in [-0.39, 0.29) is 11.9 Å². The Morgan fingerprint density at radius 3 is 2.27 bits per heavy atom. The molecule has 0 saturated carbocycles. The largest absolute Gasteiger partial charge is 0.496 e. The fourth-order valence-corrected chi connectivity index (χ4v) is 3.33. The summed E-state index contributed by atoms with van der Waals surface area (Å²) in [6.07, 6.45) is 0. The van der Waals surface area contributed by atoms with Crippen LogP contribution in [0.2, 0.25) is 0 Å². The number of methoxy groups -OCH3 is 1. The predicted octanol–water partition coefficient (Wildman–Crippen LogP) is 2.97. The standard InChI is InChI=1S/C22H30N2O2/c1-14-8-9-20(26-7)19(12-14)13-24(6)18(5)22(25)23-21-16(3)10-15(2)11-17(21)4/h8-12,18H,13H2,1-7H3,(H,23,25)/p+1/t18-/m0/s1. The Balaban J connectivity index is 2.12. The number of quaternary nitrogens is 1. The second kappa shape index (κ2) is 8.37. The minimum Gasteiger partial charge on any atom is -0.496 e. The number of hydrogen-bond acceptors (Lipinski definition) is 2. The first kappa shape index (κ1) is 20.0. The van der Waals surface area contributed by atoms with Crippen LogP contribution in [0.5, 0.6) is 5.75 Å². The van der Waals surface area contributed by atoms with Crippen molar-refractivity contribution >= 4 is 11.6 Å². The quantitative estimate of drug-likeness (QED) is 0.837. The molecular weight excluding hydrogens is 324 g/mol. The van der Waals surface area contributed by atoms with Crippen molar-refractivity contribution in [1.82, 2.24) is 0 Å². The van der Waals surface area contributed by atoms with Crippen molar-refractivity contribution in [1.29, 1.82) is 0 Å². The van der Waals surface area contributed by atoms with Crippen molar-refractivity contribution in [2.75, 3.05) is 19.5 Å². The van der Waals surface area contributed by atoms with E-state index in [1.165, 1.54) is 11.1 Å². The molecule has 2 rings (SSSR count). The maximum Gasteiger partial charge on any atom is 0.282 e. The summed E-state index contributed by atoms with van der Waals surface area (Å²) in [5, 5.41) is 3.12. The van der Waals surface area contributed by atoms with Crippen LogP contribution in [-0.4, -0.2) is 26.1 Å². The van der Waals surface area contributed by atoms with Crippen LogP contribution in [0.25, 0.3) is 0 Å². The van der Waals surface area contributed by atoms with Crippen LogP contribution in [0.3, 0.4) is 0 Å². The van der Waals surface area contributed by atoms with Crippen LogP contribution < -0.4 is 15.0 Å². The molecule has 1 amide bonds. The van der Waals surface area contributed by atoms with Gasteiger partial charge in [0.05, 0.1) is 14.2 Å². The summed E-state index contributed by atoms with van der Waals surface area (Å²) < 4.78 is 5.47. The Morgan fingerprint density at radius 2 is 1.69 bits per heavy atom. The number of ether oxygens (including phenoxy) is 1. The Kier molecular flexibility index (Phi) is 6.43. The number of likely N-dealkylation sites (N-methyl/N-ethyl adjacent to an activating group) is 1. The van der Waals surface area contributed by atoms with Gasteiger partial charge in [0.1, 0.15) is 12.3 Å². The van der Waals surface area contributed by atoms with Gasteiger partial charge >= 0.3 is 0 Å². The number of hydrogen-bond donors (Lipinski definition) is 2. The third-order valence-electron chi connectivity index (χ3n) is 4.96. The number of nitrogens with one attached hydrogen (secondary N) is 2. The summed E-state index contributed by atoms with van der Waals surface area (Å²) >= 11 is 0. The number of aryl methyl sites for hydroxylation is 4. The van der Waals surface area contributed by atoms with E-state index in [9.17, 15) is 4.79 Å². The van der Waals surface area contributed by atoms with Crippen molar-refractivity contribution < 1.29 is 14.4 Å². The molecule has 2 atom stereocenters. The molecule has 2 aromatic carbocycles. The highest BCUT2D eigenvalue weighted by molar-refractivity contribution is 5.95. The third kappa shape index (κ3) is 4.64. The molecule has 1 unspecified atom stereocenters. The molecule has 0 fully saturated rings. The molecule has 2 N–H and O–H groups in total. The molecule has 26 heavy (non-hydrogen) atoms. The lowest BCUT2D eigenvalue weighted by Gasteiger charge is -2.23. The zero-order valence-corrected chi connectivity index (χ0v) is 17.0. The lowest BCUT2D eigenvalue weighted by molar-refractivity contribution is -0.907. The Morgan fingerprint density at radius 1 is 1.08 bits per heavy atom. The molecular formula is C22H31N2O2+. The van der Waals surface area contributed by atoms with E-state index in [2.05, 4.69) is 37.4 Å².